The number of nitrogens with one attached hydrogen (secondary N) is 2. The van der Waals surface area contributed by atoms with Gasteiger partial charge in [0.15, 0.2) is 5.96 Å². The molecule has 0 radical (unpaired) electrons. The molecule has 1 aromatic carbocycles. The summed E-state index contributed by atoms with van der Waals surface area (Å²) < 4.78 is 11.1. The molecule has 7 heteroatoms. The average Bonchev–Trinajstić information content (AvgIpc) is 2.69. The summed E-state index contributed by atoms with van der Waals surface area (Å²) in [6.45, 7) is 14.1. The van der Waals surface area contributed by atoms with Crippen LogP contribution in [0.25, 0.3) is 0 Å². The number of nitrogens with zero attached hydrogens (tertiary/aromatic N) is 2. The van der Waals surface area contributed by atoms with Crippen molar-refractivity contribution >= 4 is 5.96 Å². The zero-order valence-electron chi connectivity index (χ0n) is 18.4. The Morgan fingerprint density at radius 1 is 1.28 bits per heavy atom. The number of hydrogen-bond acceptors (Lipinski definition) is 5. The van der Waals surface area contributed by atoms with Crippen molar-refractivity contribution in [1.29, 1.82) is 0 Å². The van der Waals surface area contributed by atoms with Crippen molar-refractivity contribution in [3.8, 4) is 0 Å². The number of aliphatic hydroxyl groups is 1. The number of rotatable bonds is 10. The van der Waals surface area contributed by atoms with Gasteiger partial charge in [-0.1, -0.05) is 24.3 Å². The van der Waals surface area contributed by atoms with Gasteiger partial charge in [0, 0.05) is 32.7 Å². The molecule has 1 aliphatic heterocycles. The molecule has 1 aromatic rings. The molecule has 0 aliphatic carbocycles. The van der Waals surface area contributed by atoms with Crippen LogP contribution in [0.3, 0.4) is 0 Å². The van der Waals surface area contributed by atoms with Crippen LogP contribution in [0.4, 0.5) is 0 Å². The zero-order valence-corrected chi connectivity index (χ0v) is 18.4. The highest BCUT2D eigenvalue weighted by molar-refractivity contribution is 5.79. The first-order valence-corrected chi connectivity index (χ1v) is 10.6. The second-order valence-corrected chi connectivity index (χ2v) is 8.11. The number of aliphatic imine (C=N–C) groups is 1. The fraction of sp³-hybridized carbons (Fsp3) is 0.682. The van der Waals surface area contributed by atoms with Crippen LogP contribution in [-0.4, -0.2) is 73.6 Å². The minimum Gasteiger partial charge on any atom is -0.387 e. The molecule has 1 heterocycles. The molecule has 1 atom stereocenters. The molecule has 1 saturated heterocycles. The van der Waals surface area contributed by atoms with E-state index in [4.69, 9.17) is 9.47 Å². The average molecular weight is 407 g/mol. The fourth-order valence-corrected chi connectivity index (χ4v) is 3.16. The van der Waals surface area contributed by atoms with Crippen molar-refractivity contribution in [2.24, 2.45) is 4.99 Å². The molecule has 0 saturated carbocycles. The summed E-state index contributed by atoms with van der Waals surface area (Å²) >= 11 is 0. The summed E-state index contributed by atoms with van der Waals surface area (Å²) in [4.78, 5) is 6.91. The lowest BCUT2D eigenvalue weighted by Crippen LogP contribution is -2.52. The van der Waals surface area contributed by atoms with Gasteiger partial charge in [0.1, 0.15) is 0 Å². The number of benzene rings is 1. The van der Waals surface area contributed by atoms with Gasteiger partial charge < -0.3 is 25.2 Å². The van der Waals surface area contributed by atoms with Crippen molar-refractivity contribution in [2.75, 3.05) is 45.9 Å². The number of ether oxygens (including phenoxy) is 2. The van der Waals surface area contributed by atoms with Crippen molar-refractivity contribution in [1.82, 2.24) is 15.5 Å². The summed E-state index contributed by atoms with van der Waals surface area (Å²) in [7, 11) is 0. The topological polar surface area (TPSA) is 78.4 Å². The van der Waals surface area contributed by atoms with Crippen LogP contribution in [0.5, 0.6) is 0 Å². The van der Waals surface area contributed by atoms with E-state index in [0.717, 1.165) is 44.0 Å². The Balaban J connectivity index is 1.89. The van der Waals surface area contributed by atoms with Crippen LogP contribution < -0.4 is 10.6 Å². The van der Waals surface area contributed by atoms with Crippen molar-refractivity contribution in [3.63, 3.8) is 0 Å². The minimum absolute atomic E-state index is 0.214. The number of β-amino-alcohol motifs (C(OH)–C–C–N with tert-alkyl or cyclic N) is 1. The lowest BCUT2D eigenvalue weighted by molar-refractivity contribution is -0.0201. The van der Waals surface area contributed by atoms with Crippen molar-refractivity contribution < 1.29 is 14.6 Å². The van der Waals surface area contributed by atoms with E-state index < -0.39 is 5.60 Å². The van der Waals surface area contributed by atoms with Gasteiger partial charge in [0.2, 0.25) is 0 Å². The minimum atomic E-state index is -0.846. The molecule has 0 amide bonds. The van der Waals surface area contributed by atoms with Gasteiger partial charge in [-0.15, -0.1) is 0 Å². The Morgan fingerprint density at radius 2 is 2.00 bits per heavy atom. The van der Waals surface area contributed by atoms with Crippen molar-refractivity contribution in [3.05, 3.63) is 35.4 Å². The highest BCUT2D eigenvalue weighted by Crippen LogP contribution is 2.10. The summed E-state index contributed by atoms with van der Waals surface area (Å²) in [5.74, 6) is 0.707. The molecular formula is C22H38N4O3. The van der Waals surface area contributed by atoms with Crippen molar-refractivity contribution in [2.45, 2.75) is 52.6 Å². The maximum absolute atomic E-state index is 10.8. The standard InChI is InChI=1S/C22H38N4O3/c1-5-23-21(25-16-22(4,27)17-26-9-11-28-12-10-26)24-14-19-7-6-8-20(13-19)15-29-18(2)3/h6-8,13,18,27H,5,9-12,14-17H2,1-4H3,(H2,23,24,25). The highest BCUT2D eigenvalue weighted by Gasteiger charge is 2.25. The van der Waals surface area contributed by atoms with Crippen LogP contribution in [0, 0.1) is 0 Å². The van der Waals surface area contributed by atoms with Gasteiger partial charge in [-0.25, -0.2) is 4.99 Å². The van der Waals surface area contributed by atoms with E-state index in [1.165, 1.54) is 0 Å². The number of morpholine rings is 1. The Hall–Kier alpha value is -1.67. The maximum atomic E-state index is 10.8. The normalized spacial score (nSPS) is 17.9. The third-order valence-electron chi connectivity index (χ3n) is 4.64. The number of hydrogen-bond donors (Lipinski definition) is 3. The monoisotopic (exact) mass is 406 g/mol. The van der Waals surface area contributed by atoms with Crippen LogP contribution in [-0.2, 0) is 22.6 Å². The first-order chi connectivity index (χ1) is 13.9. The van der Waals surface area contributed by atoms with Gasteiger partial charge in [0.25, 0.3) is 0 Å². The smallest absolute Gasteiger partial charge is 0.191 e. The van der Waals surface area contributed by atoms with Crippen LogP contribution in [0.1, 0.15) is 38.8 Å². The molecule has 1 unspecified atom stereocenters. The highest BCUT2D eigenvalue weighted by atomic mass is 16.5. The molecule has 0 bridgehead atoms. The molecule has 2 rings (SSSR count). The molecule has 1 aliphatic rings. The van der Waals surface area contributed by atoms with Crippen LogP contribution in [0.2, 0.25) is 0 Å². The maximum Gasteiger partial charge on any atom is 0.191 e. The third kappa shape index (κ3) is 9.58. The van der Waals surface area contributed by atoms with E-state index in [0.29, 0.717) is 32.2 Å². The summed E-state index contributed by atoms with van der Waals surface area (Å²) in [5.41, 5.74) is 1.44. The first kappa shape index (κ1) is 23.6. The van der Waals surface area contributed by atoms with E-state index in [9.17, 15) is 5.11 Å². The summed E-state index contributed by atoms with van der Waals surface area (Å²) in [5, 5.41) is 17.3. The summed E-state index contributed by atoms with van der Waals surface area (Å²) in [6, 6.07) is 8.31. The first-order valence-electron chi connectivity index (χ1n) is 10.6. The molecule has 0 spiro atoms. The second kappa shape index (κ2) is 12.1. The number of guanidine groups is 1. The Kier molecular flexibility index (Phi) is 9.87. The molecule has 3 N–H and O–H groups in total. The van der Waals surface area contributed by atoms with Crippen LogP contribution in [0.15, 0.2) is 29.3 Å². The molecule has 29 heavy (non-hydrogen) atoms. The Labute approximate surface area is 175 Å². The molecule has 7 nitrogen and oxygen atoms in total. The van der Waals surface area contributed by atoms with Gasteiger partial charge in [-0.2, -0.15) is 0 Å². The molecule has 1 fully saturated rings. The van der Waals surface area contributed by atoms with E-state index >= 15 is 0 Å². The lowest BCUT2D eigenvalue weighted by atomic mass is 10.1. The van der Waals surface area contributed by atoms with Gasteiger partial charge in [0.05, 0.1) is 38.1 Å². The van der Waals surface area contributed by atoms with E-state index in [-0.39, 0.29) is 6.10 Å². The molecule has 0 aromatic heterocycles. The van der Waals surface area contributed by atoms with Gasteiger partial charge in [-0.05, 0) is 38.8 Å². The summed E-state index contributed by atoms with van der Waals surface area (Å²) in [6.07, 6.45) is 0.214. The van der Waals surface area contributed by atoms with E-state index in [1.54, 1.807) is 0 Å². The fourth-order valence-electron chi connectivity index (χ4n) is 3.16. The quantitative estimate of drug-likeness (QED) is 0.406. The molecular weight excluding hydrogens is 368 g/mol. The Morgan fingerprint density at radius 3 is 2.69 bits per heavy atom. The molecule has 164 valence electrons. The predicted molar refractivity (Wildman–Crippen MR) is 117 cm³/mol. The van der Waals surface area contributed by atoms with Gasteiger partial charge >= 0.3 is 0 Å². The largest absolute Gasteiger partial charge is 0.387 e. The van der Waals surface area contributed by atoms with E-state index in [1.807, 2.05) is 33.8 Å². The zero-order chi connectivity index (χ0) is 21.1. The van der Waals surface area contributed by atoms with Gasteiger partial charge in [-0.3, -0.25) is 4.90 Å². The Bertz CT molecular complexity index is 628. The third-order valence-corrected chi connectivity index (χ3v) is 4.64. The lowest BCUT2D eigenvalue weighted by Gasteiger charge is -2.34. The SMILES string of the molecule is CCNC(=NCc1cccc(COC(C)C)c1)NCC(C)(O)CN1CCOCC1. The van der Waals surface area contributed by atoms with E-state index in [2.05, 4.69) is 38.7 Å². The van der Waals surface area contributed by atoms with Crippen LogP contribution >= 0.6 is 0 Å². The predicted octanol–water partition coefficient (Wildman–Crippen LogP) is 1.75. The second-order valence-electron chi connectivity index (χ2n) is 8.11.